The number of Topliss-reactive ketones (excluding diaryl/α,β-unsaturated/α-hetero) is 1. The van der Waals surface area contributed by atoms with Crippen molar-refractivity contribution in [3.63, 3.8) is 0 Å². The number of nitrogens with zero attached hydrogens (tertiary/aromatic N) is 1. The first kappa shape index (κ1) is 12.1. The number of ketones is 1. The van der Waals surface area contributed by atoms with Crippen molar-refractivity contribution in [3.8, 4) is 0 Å². The molecule has 2 nitrogen and oxygen atoms in total. The Morgan fingerprint density at radius 3 is 2.44 bits per heavy atom. The van der Waals surface area contributed by atoms with Crippen LogP contribution in [0.4, 0.5) is 0 Å². The third kappa shape index (κ3) is 2.04. The van der Waals surface area contributed by atoms with E-state index in [0.29, 0.717) is 17.7 Å². The molecule has 0 aromatic rings. The van der Waals surface area contributed by atoms with Crippen LogP contribution < -0.4 is 0 Å². The van der Waals surface area contributed by atoms with Gasteiger partial charge < -0.3 is 0 Å². The summed E-state index contributed by atoms with van der Waals surface area (Å²) in [5, 5.41) is 0. The average molecular weight is 223 g/mol. The van der Waals surface area contributed by atoms with E-state index in [1.165, 1.54) is 19.3 Å². The Bertz CT molecular complexity index is 272. The molecule has 1 aliphatic carbocycles. The van der Waals surface area contributed by atoms with Gasteiger partial charge in [0.25, 0.3) is 0 Å². The molecule has 2 bridgehead atoms. The average Bonchev–Trinajstić information content (AvgIpc) is 2.59. The molecular formula is C14H25NO. The zero-order chi connectivity index (χ0) is 11.9. The quantitative estimate of drug-likeness (QED) is 0.733. The number of fused-ring (bicyclic) bond motifs is 2. The summed E-state index contributed by atoms with van der Waals surface area (Å²) in [6.07, 6.45) is 3.92. The minimum Gasteiger partial charge on any atom is -0.298 e. The highest BCUT2D eigenvalue weighted by Gasteiger charge is 2.44. The molecule has 0 amide bonds. The van der Waals surface area contributed by atoms with Gasteiger partial charge in [-0.25, -0.2) is 0 Å². The summed E-state index contributed by atoms with van der Waals surface area (Å²) >= 11 is 0. The highest BCUT2D eigenvalue weighted by atomic mass is 16.1. The Morgan fingerprint density at radius 1 is 1.19 bits per heavy atom. The molecule has 1 aliphatic heterocycles. The van der Waals surface area contributed by atoms with Gasteiger partial charge in [-0.1, -0.05) is 13.8 Å². The summed E-state index contributed by atoms with van der Waals surface area (Å²) in [4.78, 5) is 14.8. The highest BCUT2D eigenvalue weighted by molar-refractivity contribution is 5.86. The standard InChI is InChI=1S/C14H25NO/c1-9(2)14(16)13-12-6-5-11(7-12)8-15(13)10(3)4/h9-13H,5-8H2,1-4H3/t11?,12?,13-/m0/s1. The lowest BCUT2D eigenvalue weighted by atomic mass is 9.84. The van der Waals surface area contributed by atoms with Crippen LogP contribution in [0, 0.1) is 17.8 Å². The first-order valence-electron chi connectivity index (χ1n) is 6.80. The van der Waals surface area contributed by atoms with Crippen LogP contribution in [0.2, 0.25) is 0 Å². The molecule has 1 heterocycles. The molecule has 3 atom stereocenters. The summed E-state index contributed by atoms with van der Waals surface area (Å²) < 4.78 is 0. The minimum atomic E-state index is 0.184. The number of piperidine rings is 1. The Kier molecular flexibility index (Phi) is 3.39. The fourth-order valence-corrected chi connectivity index (χ4v) is 3.52. The second-order valence-electron chi connectivity index (χ2n) is 6.23. The normalized spacial score (nSPS) is 35.0. The van der Waals surface area contributed by atoms with Crippen molar-refractivity contribution in [2.24, 2.45) is 17.8 Å². The van der Waals surface area contributed by atoms with Crippen LogP contribution in [0.15, 0.2) is 0 Å². The zero-order valence-electron chi connectivity index (χ0n) is 11.1. The number of hydrogen-bond acceptors (Lipinski definition) is 2. The zero-order valence-corrected chi connectivity index (χ0v) is 11.1. The summed E-state index contributed by atoms with van der Waals surface area (Å²) in [7, 11) is 0. The molecule has 1 saturated heterocycles. The first-order chi connectivity index (χ1) is 7.50. The highest BCUT2D eigenvalue weighted by Crippen LogP contribution is 2.42. The second kappa shape index (κ2) is 4.48. The molecule has 16 heavy (non-hydrogen) atoms. The number of carbonyl (C=O) groups excluding carboxylic acids is 1. The SMILES string of the molecule is CC(C)C(=O)[C@@H]1C2CCC(C2)CN1C(C)C. The van der Waals surface area contributed by atoms with Crippen LogP contribution in [0.5, 0.6) is 0 Å². The third-order valence-electron chi connectivity index (χ3n) is 4.38. The molecule has 0 aromatic heterocycles. The molecule has 2 heteroatoms. The Hall–Kier alpha value is -0.370. The van der Waals surface area contributed by atoms with Gasteiger partial charge in [0.05, 0.1) is 6.04 Å². The van der Waals surface area contributed by atoms with Crippen molar-refractivity contribution in [1.29, 1.82) is 0 Å². The van der Waals surface area contributed by atoms with E-state index in [9.17, 15) is 4.79 Å². The van der Waals surface area contributed by atoms with Gasteiger partial charge in [-0.3, -0.25) is 9.69 Å². The van der Waals surface area contributed by atoms with Crippen LogP contribution in [-0.2, 0) is 4.79 Å². The van der Waals surface area contributed by atoms with E-state index in [-0.39, 0.29) is 12.0 Å². The Labute approximate surface area is 99.4 Å². The van der Waals surface area contributed by atoms with Gasteiger partial charge in [-0.15, -0.1) is 0 Å². The van der Waals surface area contributed by atoms with Gasteiger partial charge in [-0.05, 0) is 44.9 Å². The van der Waals surface area contributed by atoms with E-state index < -0.39 is 0 Å². The van der Waals surface area contributed by atoms with E-state index in [1.807, 2.05) is 13.8 Å². The molecule has 2 rings (SSSR count). The fraction of sp³-hybridized carbons (Fsp3) is 0.929. The van der Waals surface area contributed by atoms with Gasteiger partial charge in [0, 0.05) is 18.5 Å². The Morgan fingerprint density at radius 2 is 1.88 bits per heavy atom. The number of carbonyl (C=O) groups is 1. The molecule has 0 spiro atoms. The summed E-state index contributed by atoms with van der Waals surface area (Å²) in [5.74, 6) is 2.17. The predicted molar refractivity (Wildman–Crippen MR) is 66.3 cm³/mol. The molecule has 0 aromatic carbocycles. The van der Waals surface area contributed by atoms with Crippen LogP contribution in [-0.4, -0.2) is 29.3 Å². The van der Waals surface area contributed by atoms with Gasteiger partial charge in [0.15, 0.2) is 5.78 Å². The van der Waals surface area contributed by atoms with E-state index in [0.717, 1.165) is 12.5 Å². The lowest BCUT2D eigenvalue weighted by molar-refractivity contribution is -0.131. The van der Waals surface area contributed by atoms with Crippen molar-refractivity contribution in [1.82, 2.24) is 4.90 Å². The van der Waals surface area contributed by atoms with Crippen LogP contribution in [0.3, 0.4) is 0 Å². The first-order valence-corrected chi connectivity index (χ1v) is 6.80. The van der Waals surface area contributed by atoms with Crippen molar-refractivity contribution in [3.05, 3.63) is 0 Å². The maximum atomic E-state index is 12.4. The number of rotatable bonds is 3. The van der Waals surface area contributed by atoms with Crippen molar-refractivity contribution < 1.29 is 4.79 Å². The Balaban J connectivity index is 2.19. The van der Waals surface area contributed by atoms with Gasteiger partial charge >= 0.3 is 0 Å². The number of hydrogen-bond donors (Lipinski definition) is 0. The van der Waals surface area contributed by atoms with Crippen molar-refractivity contribution in [2.75, 3.05) is 6.54 Å². The predicted octanol–water partition coefficient (Wildman–Crippen LogP) is 2.72. The minimum absolute atomic E-state index is 0.184. The van der Waals surface area contributed by atoms with E-state index in [4.69, 9.17) is 0 Å². The summed E-state index contributed by atoms with van der Waals surface area (Å²) in [5.41, 5.74) is 0. The van der Waals surface area contributed by atoms with Gasteiger partial charge in [-0.2, -0.15) is 0 Å². The van der Waals surface area contributed by atoms with E-state index in [1.54, 1.807) is 0 Å². The molecule has 2 fully saturated rings. The molecule has 2 aliphatic rings. The smallest absolute Gasteiger partial charge is 0.152 e. The molecule has 0 N–H and O–H groups in total. The molecule has 1 saturated carbocycles. The molecular weight excluding hydrogens is 198 g/mol. The summed E-state index contributed by atoms with van der Waals surface area (Å²) in [6.45, 7) is 9.69. The van der Waals surface area contributed by atoms with Crippen molar-refractivity contribution >= 4 is 5.78 Å². The van der Waals surface area contributed by atoms with Gasteiger partial charge in [0.2, 0.25) is 0 Å². The maximum Gasteiger partial charge on any atom is 0.152 e. The monoisotopic (exact) mass is 223 g/mol. The lowest BCUT2D eigenvalue weighted by Gasteiger charge is -2.42. The van der Waals surface area contributed by atoms with Crippen LogP contribution in [0.25, 0.3) is 0 Å². The van der Waals surface area contributed by atoms with Crippen LogP contribution in [0.1, 0.15) is 47.0 Å². The number of likely N-dealkylation sites (tertiary alicyclic amines) is 1. The topological polar surface area (TPSA) is 20.3 Å². The third-order valence-corrected chi connectivity index (χ3v) is 4.38. The largest absolute Gasteiger partial charge is 0.298 e. The molecule has 92 valence electrons. The van der Waals surface area contributed by atoms with E-state index in [2.05, 4.69) is 18.7 Å². The van der Waals surface area contributed by atoms with Gasteiger partial charge in [0.1, 0.15) is 0 Å². The molecule has 0 radical (unpaired) electrons. The molecule has 2 unspecified atom stereocenters. The second-order valence-corrected chi connectivity index (χ2v) is 6.23. The van der Waals surface area contributed by atoms with Crippen LogP contribution >= 0.6 is 0 Å². The maximum absolute atomic E-state index is 12.4. The fourth-order valence-electron chi connectivity index (χ4n) is 3.52. The lowest BCUT2D eigenvalue weighted by Crippen LogP contribution is -2.53. The van der Waals surface area contributed by atoms with E-state index >= 15 is 0 Å². The van der Waals surface area contributed by atoms with Crippen molar-refractivity contribution in [2.45, 2.75) is 59.0 Å². The summed E-state index contributed by atoms with van der Waals surface area (Å²) in [6, 6.07) is 0.731.